The van der Waals surface area contributed by atoms with E-state index < -0.39 is 30.7 Å². The minimum atomic E-state index is -5.34. The molecular formula is C5H4F6O2. The van der Waals surface area contributed by atoms with Gasteiger partial charge in [0.25, 0.3) is 0 Å². The van der Waals surface area contributed by atoms with Crippen molar-refractivity contribution in [1.29, 1.82) is 0 Å². The van der Waals surface area contributed by atoms with E-state index in [-0.39, 0.29) is 0 Å². The number of hydrogen-bond acceptors (Lipinski definition) is 2. The molecule has 0 spiro atoms. The molecule has 0 aliphatic heterocycles. The Morgan fingerprint density at radius 3 is 1.77 bits per heavy atom. The largest absolute Gasteiger partial charge is 0.450 e. The fourth-order valence-corrected chi connectivity index (χ4v) is 0.407. The van der Waals surface area contributed by atoms with Crippen molar-refractivity contribution in [2.24, 2.45) is 0 Å². The summed E-state index contributed by atoms with van der Waals surface area (Å²) < 4.78 is 68.4. The van der Waals surface area contributed by atoms with Crippen molar-refractivity contribution < 1.29 is 36.2 Å². The Morgan fingerprint density at radius 2 is 1.54 bits per heavy atom. The molecule has 0 aromatic carbocycles. The molecule has 0 aromatic heterocycles. The second kappa shape index (κ2) is 3.52. The number of carbonyl (C=O) groups is 1. The molecule has 13 heavy (non-hydrogen) atoms. The Bertz CT molecular complexity index is 192. The Hall–Kier alpha value is -0.790. The molecule has 0 fully saturated rings. The first-order chi connectivity index (χ1) is 5.55. The molecule has 0 radical (unpaired) electrons. The summed E-state index contributed by atoms with van der Waals surface area (Å²) in [4.78, 5) is 9.94. The van der Waals surface area contributed by atoms with Crippen LogP contribution in [0, 0.1) is 0 Å². The number of aliphatic hydroxyl groups is 1. The molecule has 1 N–H and O–H groups in total. The Balaban J connectivity index is 4.24. The topological polar surface area (TPSA) is 37.3 Å². The second-order valence-corrected chi connectivity index (χ2v) is 2.18. The minimum Gasteiger partial charge on any atom is -0.383 e. The van der Waals surface area contributed by atoms with E-state index in [0.717, 1.165) is 0 Å². The molecule has 1 atom stereocenters. The summed E-state index contributed by atoms with van der Waals surface area (Å²) in [6, 6.07) is 0. The van der Waals surface area contributed by atoms with Gasteiger partial charge in [-0.3, -0.25) is 4.79 Å². The number of ketones is 1. The average Bonchev–Trinajstić information content (AvgIpc) is 1.82. The Morgan fingerprint density at radius 1 is 1.15 bits per heavy atom. The summed E-state index contributed by atoms with van der Waals surface area (Å²) in [5, 5.41) is 8.07. The van der Waals surface area contributed by atoms with Gasteiger partial charge in [-0.05, 0) is 0 Å². The molecule has 0 aliphatic carbocycles. The van der Waals surface area contributed by atoms with Gasteiger partial charge in [-0.25, -0.2) is 0 Å². The highest BCUT2D eigenvalue weighted by atomic mass is 19.4. The van der Waals surface area contributed by atoms with Crippen LogP contribution in [0.1, 0.15) is 6.42 Å². The Labute approximate surface area is 68.1 Å². The summed E-state index contributed by atoms with van der Waals surface area (Å²) in [6.45, 7) is 0. The molecule has 0 aliphatic rings. The van der Waals surface area contributed by atoms with E-state index in [2.05, 4.69) is 0 Å². The monoisotopic (exact) mass is 210 g/mol. The van der Waals surface area contributed by atoms with Gasteiger partial charge in [-0.1, -0.05) is 0 Å². The fraction of sp³-hybridized carbons (Fsp3) is 0.800. The van der Waals surface area contributed by atoms with E-state index in [9.17, 15) is 31.1 Å². The predicted octanol–water partition coefficient (Wildman–Crippen LogP) is 1.43. The molecule has 78 valence electrons. The van der Waals surface area contributed by atoms with Gasteiger partial charge < -0.3 is 5.11 Å². The van der Waals surface area contributed by atoms with Crippen LogP contribution < -0.4 is 0 Å². The van der Waals surface area contributed by atoms with Gasteiger partial charge in [-0.2, -0.15) is 26.3 Å². The molecule has 0 bridgehead atoms. The third-order valence-electron chi connectivity index (χ3n) is 1.07. The maximum Gasteiger partial charge on any atom is 0.450 e. The van der Waals surface area contributed by atoms with Crippen LogP contribution in [0.5, 0.6) is 0 Å². The first-order valence-corrected chi connectivity index (χ1v) is 2.90. The van der Waals surface area contributed by atoms with Crippen LogP contribution in [0.4, 0.5) is 26.3 Å². The molecule has 0 rings (SSSR count). The van der Waals surface area contributed by atoms with Gasteiger partial charge in [0.2, 0.25) is 5.78 Å². The van der Waals surface area contributed by atoms with Crippen LogP contribution in [0.25, 0.3) is 0 Å². The van der Waals surface area contributed by atoms with Crippen molar-refractivity contribution in [3.63, 3.8) is 0 Å². The number of alkyl halides is 6. The highest BCUT2D eigenvalue weighted by Crippen LogP contribution is 2.26. The summed E-state index contributed by atoms with van der Waals surface area (Å²) in [5.41, 5.74) is 0. The number of Topliss-reactive ketones (excluding diaryl/α,β-unsaturated/α-hetero) is 1. The second-order valence-electron chi connectivity index (χ2n) is 2.18. The van der Waals surface area contributed by atoms with Crippen LogP contribution in [0.2, 0.25) is 0 Å². The van der Waals surface area contributed by atoms with Crippen LogP contribution in [0.3, 0.4) is 0 Å². The van der Waals surface area contributed by atoms with E-state index in [1.54, 1.807) is 0 Å². The zero-order valence-electron chi connectivity index (χ0n) is 5.91. The number of aliphatic hydroxyl groups excluding tert-OH is 1. The lowest BCUT2D eigenvalue weighted by atomic mass is 10.2. The van der Waals surface area contributed by atoms with Crippen LogP contribution in [-0.2, 0) is 4.79 Å². The molecule has 0 saturated heterocycles. The lowest BCUT2D eigenvalue weighted by Gasteiger charge is -2.14. The van der Waals surface area contributed by atoms with E-state index in [1.165, 1.54) is 0 Å². The number of rotatable bonds is 2. The highest BCUT2D eigenvalue weighted by Gasteiger charge is 2.46. The van der Waals surface area contributed by atoms with Crippen LogP contribution >= 0.6 is 0 Å². The van der Waals surface area contributed by atoms with E-state index in [0.29, 0.717) is 0 Å². The van der Waals surface area contributed by atoms with E-state index >= 15 is 0 Å². The van der Waals surface area contributed by atoms with Gasteiger partial charge in [0.15, 0.2) is 6.10 Å². The summed E-state index contributed by atoms with van der Waals surface area (Å²) in [7, 11) is 0. The number of hydrogen-bond donors (Lipinski definition) is 1. The van der Waals surface area contributed by atoms with Gasteiger partial charge in [0, 0.05) is 0 Å². The zero-order valence-corrected chi connectivity index (χ0v) is 5.91. The number of carbonyl (C=O) groups excluding carboxylic acids is 1. The molecule has 8 heteroatoms. The summed E-state index contributed by atoms with van der Waals surface area (Å²) >= 11 is 0. The SMILES string of the molecule is O=C(CC(O)C(F)(F)F)C(F)(F)F. The maximum absolute atomic E-state index is 11.4. The maximum atomic E-state index is 11.4. The van der Waals surface area contributed by atoms with E-state index in [1.807, 2.05) is 0 Å². The van der Waals surface area contributed by atoms with Crippen molar-refractivity contribution in [1.82, 2.24) is 0 Å². The lowest BCUT2D eigenvalue weighted by molar-refractivity contribution is -0.213. The fourth-order valence-electron chi connectivity index (χ4n) is 0.407. The molecule has 2 nitrogen and oxygen atoms in total. The third-order valence-corrected chi connectivity index (χ3v) is 1.07. The summed E-state index contributed by atoms with van der Waals surface area (Å²) in [6.07, 6.45) is -15.8. The van der Waals surface area contributed by atoms with E-state index in [4.69, 9.17) is 5.11 Å². The Kier molecular flexibility index (Phi) is 3.31. The van der Waals surface area contributed by atoms with Crippen LogP contribution in [0.15, 0.2) is 0 Å². The predicted molar refractivity (Wildman–Crippen MR) is 27.7 cm³/mol. The first-order valence-electron chi connectivity index (χ1n) is 2.90. The van der Waals surface area contributed by atoms with Crippen molar-refractivity contribution in [2.75, 3.05) is 0 Å². The molecule has 1 unspecified atom stereocenters. The number of halogens is 6. The lowest BCUT2D eigenvalue weighted by Crippen LogP contribution is -2.35. The van der Waals surface area contributed by atoms with Gasteiger partial charge in [0.05, 0.1) is 6.42 Å². The first kappa shape index (κ1) is 12.2. The van der Waals surface area contributed by atoms with Crippen molar-refractivity contribution in [2.45, 2.75) is 24.9 Å². The molecular weight excluding hydrogens is 206 g/mol. The minimum absolute atomic E-state index is 1.99. The molecule has 0 aromatic rings. The molecule has 0 heterocycles. The standard InChI is InChI=1S/C5H4F6O2/c6-4(7,8)2(12)1-3(13)5(9,10)11/h2,12H,1H2. The van der Waals surface area contributed by atoms with Crippen molar-refractivity contribution in [3.05, 3.63) is 0 Å². The van der Waals surface area contributed by atoms with Gasteiger partial charge >= 0.3 is 12.4 Å². The normalized spacial score (nSPS) is 15.6. The van der Waals surface area contributed by atoms with Gasteiger partial charge in [0.1, 0.15) is 0 Å². The van der Waals surface area contributed by atoms with Crippen molar-refractivity contribution in [3.8, 4) is 0 Å². The molecule has 0 amide bonds. The summed E-state index contributed by atoms with van der Waals surface area (Å²) in [5.74, 6) is -2.60. The zero-order chi connectivity index (χ0) is 10.9. The smallest absolute Gasteiger partial charge is 0.383 e. The van der Waals surface area contributed by atoms with Gasteiger partial charge in [-0.15, -0.1) is 0 Å². The van der Waals surface area contributed by atoms with Crippen LogP contribution in [-0.4, -0.2) is 29.3 Å². The van der Waals surface area contributed by atoms with Crippen molar-refractivity contribution >= 4 is 5.78 Å². The quantitative estimate of drug-likeness (QED) is 0.700. The highest BCUT2D eigenvalue weighted by molar-refractivity contribution is 5.84. The molecule has 0 saturated carbocycles. The average molecular weight is 210 g/mol. The third kappa shape index (κ3) is 4.11.